The summed E-state index contributed by atoms with van der Waals surface area (Å²) < 4.78 is 0. The lowest BCUT2D eigenvalue weighted by molar-refractivity contribution is 0.914. The average Bonchev–Trinajstić information content (AvgIpc) is 2.49. The smallest absolute Gasteiger partial charge is 0.183 e. The Labute approximate surface area is 111 Å². The summed E-state index contributed by atoms with van der Waals surface area (Å²) in [5.41, 5.74) is 1.14. The quantitative estimate of drug-likeness (QED) is 0.831. The van der Waals surface area contributed by atoms with Gasteiger partial charge in [-0.15, -0.1) is 0 Å². The Bertz CT molecular complexity index is 624. The first-order valence-electron chi connectivity index (χ1n) is 5.77. The Hall–Kier alpha value is -2.92. The first-order chi connectivity index (χ1) is 9.36. The average molecular weight is 249 g/mol. The predicted molar refractivity (Wildman–Crippen MR) is 70.4 cm³/mol. The van der Waals surface area contributed by atoms with Crippen molar-refractivity contribution in [2.24, 2.45) is 0 Å². The van der Waals surface area contributed by atoms with Crippen molar-refractivity contribution >= 4 is 11.5 Å². The van der Waals surface area contributed by atoms with E-state index >= 15 is 0 Å². The molecule has 0 N–H and O–H groups in total. The second kappa shape index (κ2) is 6.13. The van der Waals surface area contributed by atoms with E-state index in [1.807, 2.05) is 41.3 Å². The zero-order chi connectivity index (χ0) is 13.5. The molecule has 0 aliphatic heterocycles. The fourth-order valence-corrected chi connectivity index (χ4v) is 1.73. The molecule has 0 saturated carbocycles. The highest BCUT2D eigenvalue weighted by Gasteiger charge is 2.15. The van der Waals surface area contributed by atoms with Crippen molar-refractivity contribution in [3.05, 3.63) is 48.4 Å². The van der Waals surface area contributed by atoms with E-state index in [-0.39, 0.29) is 5.69 Å². The van der Waals surface area contributed by atoms with E-state index in [0.29, 0.717) is 18.8 Å². The van der Waals surface area contributed by atoms with E-state index in [1.165, 1.54) is 6.20 Å². The van der Waals surface area contributed by atoms with Gasteiger partial charge in [-0.2, -0.15) is 10.5 Å². The van der Waals surface area contributed by atoms with Crippen molar-refractivity contribution in [2.45, 2.75) is 6.42 Å². The standard InChI is InChI=1S/C14H11N5/c15-7-4-10-19(12-5-2-1-3-6-12)14-13(11-16)17-8-9-18-14/h1-3,5-6,8-9H,4,10H2. The lowest BCUT2D eigenvalue weighted by Gasteiger charge is -2.22. The van der Waals surface area contributed by atoms with E-state index in [1.54, 1.807) is 6.20 Å². The van der Waals surface area contributed by atoms with Crippen LogP contribution in [0.2, 0.25) is 0 Å². The van der Waals surface area contributed by atoms with Crippen LogP contribution in [0.25, 0.3) is 0 Å². The molecule has 0 spiro atoms. The maximum atomic E-state index is 9.10. The van der Waals surface area contributed by atoms with Crippen LogP contribution in [0.3, 0.4) is 0 Å². The summed E-state index contributed by atoms with van der Waals surface area (Å²) in [6.07, 6.45) is 3.37. The summed E-state index contributed by atoms with van der Waals surface area (Å²) >= 11 is 0. The van der Waals surface area contributed by atoms with Gasteiger partial charge in [-0.05, 0) is 12.1 Å². The monoisotopic (exact) mass is 249 g/mol. The van der Waals surface area contributed by atoms with Gasteiger partial charge in [-0.25, -0.2) is 9.97 Å². The molecule has 5 heteroatoms. The van der Waals surface area contributed by atoms with E-state index in [4.69, 9.17) is 10.5 Å². The van der Waals surface area contributed by atoms with Crippen molar-refractivity contribution < 1.29 is 0 Å². The number of benzene rings is 1. The molecule has 0 amide bonds. The molecule has 0 bridgehead atoms. The zero-order valence-corrected chi connectivity index (χ0v) is 10.2. The minimum atomic E-state index is 0.254. The van der Waals surface area contributed by atoms with Gasteiger partial charge in [0, 0.05) is 24.6 Å². The summed E-state index contributed by atoms with van der Waals surface area (Å²) in [7, 11) is 0. The van der Waals surface area contributed by atoms with E-state index in [9.17, 15) is 0 Å². The SMILES string of the molecule is N#CCCN(c1ccccc1)c1nccnc1C#N. The Morgan fingerprint density at radius 3 is 2.47 bits per heavy atom. The number of anilines is 2. The molecule has 2 aromatic rings. The number of rotatable bonds is 4. The summed E-state index contributed by atoms with van der Waals surface area (Å²) in [5, 5.41) is 17.9. The molecule has 5 nitrogen and oxygen atoms in total. The van der Waals surface area contributed by atoms with Crippen molar-refractivity contribution in [3.63, 3.8) is 0 Å². The largest absolute Gasteiger partial charge is 0.323 e. The van der Waals surface area contributed by atoms with Crippen LogP contribution in [0.15, 0.2) is 42.7 Å². The van der Waals surface area contributed by atoms with Gasteiger partial charge < -0.3 is 4.90 Å². The van der Waals surface area contributed by atoms with Gasteiger partial charge in [0.1, 0.15) is 6.07 Å². The van der Waals surface area contributed by atoms with Gasteiger partial charge in [-0.1, -0.05) is 18.2 Å². The van der Waals surface area contributed by atoms with Crippen LogP contribution < -0.4 is 4.90 Å². The molecule has 19 heavy (non-hydrogen) atoms. The Kier molecular flexibility index (Phi) is 4.05. The second-order valence-corrected chi connectivity index (χ2v) is 3.74. The summed E-state index contributed by atoms with van der Waals surface area (Å²) in [5.74, 6) is 0.478. The number of aromatic nitrogens is 2. The molecular formula is C14H11N5. The minimum Gasteiger partial charge on any atom is -0.323 e. The fraction of sp³-hybridized carbons (Fsp3) is 0.143. The fourth-order valence-electron chi connectivity index (χ4n) is 1.73. The molecule has 1 aromatic heterocycles. The molecule has 1 aromatic carbocycles. The Balaban J connectivity index is 2.44. The topological polar surface area (TPSA) is 76.6 Å². The molecule has 0 aliphatic carbocycles. The highest BCUT2D eigenvalue weighted by molar-refractivity contribution is 5.63. The number of para-hydroxylation sites is 1. The third-order valence-corrected chi connectivity index (χ3v) is 2.56. The van der Waals surface area contributed by atoms with Gasteiger partial charge in [0.25, 0.3) is 0 Å². The van der Waals surface area contributed by atoms with Crippen LogP contribution in [-0.4, -0.2) is 16.5 Å². The maximum Gasteiger partial charge on any atom is 0.183 e. The Morgan fingerprint density at radius 1 is 1.05 bits per heavy atom. The third kappa shape index (κ3) is 2.85. The predicted octanol–water partition coefficient (Wildman–Crippen LogP) is 2.40. The molecule has 0 atom stereocenters. The molecule has 2 rings (SSSR count). The molecule has 92 valence electrons. The lowest BCUT2D eigenvalue weighted by atomic mass is 10.2. The highest BCUT2D eigenvalue weighted by atomic mass is 15.2. The van der Waals surface area contributed by atoms with Crippen molar-refractivity contribution in [2.75, 3.05) is 11.4 Å². The van der Waals surface area contributed by atoms with Gasteiger partial charge >= 0.3 is 0 Å². The van der Waals surface area contributed by atoms with E-state index in [2.05, 4.69) is 16.0 Å². The van der Waals surface area contributed by atoms with Crippen LogP contribution in [0.1, 0.15) is 12.1 Å². The molecule has 0 saturated heterocycles. The molecule has 0 aliphatic rings. The molecule has 1 heterocycles. The molecule has 0 unspecified atom stereocenters. The Morgan fingerprint density at radius 2 is 1.79 bits per heavy atom. The van der Waals surface area contributed by atoms with Crippen molar-refractivity contribution in [1.82, 2.24) is 9.97 Å². The van der Waals surface area contributed by atoms with Crippen LogP contribution >= 0.6 is 0 Å². The third-order valence-electron chi connectivity index (χ3n) is 2.56. The first kappa shape index (κ1) is 12.5. The van der Waals surface area contributed by atoms with E-state index in [0.717, 1.165) is 5.69 Å². The molecule has 0 fully saturated rings. The zero-order valence-electron chi connectivity index (χ0n) is 10.2. The van der Waals surface area contributed by atoms with Crippen LogP contribution in [0, 0.1) is 22.7 Å². The maximum absolute atomic E-state index is 9.10. The summed E-state index contributed by atoms with van der Waals surface area (Å²) in [4.78, 5) is 10.0. The number of hydrogen-bond acceptors (Lipinski definition) is 5. The van der Waals surface area contributed by atoms with Crippen molar-refractivity contribution in [1.29, 1.82) is 10.5 Å². The summed E-state index contributed by atoms with van der Waals surface area (Å²) in [6, 6.07) is 13.7. The van der Waals surface area contributed by atoms with Crippen molar-refractivity contribution in [3.8, 4) is 12.1 Å². The van der Waals surface area contributed by atoms with Crippen LogP contribution in [-0.2, 0) is 0 Å². The normalized spacial score (nSPS) is 9.37. The number of hydrogen-bond donors (Lipinski definition) is 0. The highest BCUT2D eigenvalue weighted by Crippen LogP contribution is 2.24. The van der Waals surface area contributed by atoms with Crippen LogP contribution in [0.5, 0.6) is 0 Å². The van der Waals surface area contributed by atoms with Gasteiger partial charge in [-0.3, -0.25) is 0 Å². The van der Waals surface area contributed by atoms with E-state index < -0.39 is 0 Å². The first-order valence-corrected chi connectivity index (χ1v) is 5.77. The number of nitrogens with zero attached hydrogens (tertiary/aromatic N) is 5. The molecule has 0 radical (unpaired) electrons. The second-order valence-electron chi connectivity index (χ2n) is 3.74. The minimum absolute atomic E-state index is 0.254. The number of nitriles is 2. The van der Waals surface area contributed by atoms with Gasteiger partial charge in [0.15, 0.2) is 11.5 Å². The van der Waals surface area contributed by atoms with Crippen LogP contribution in [0.4, 0.5) is 11.5 Å². The van der Waals surface area contributed by atoms with Gasteiger partial charge in [0.2, 0.25) is 0 Å². The summed E-state index contributed by atoms with van der Waals surface area (Å²) in [6.45, 7) is 0.466. The molecular weight excluding hydrogens is 238 g/mol. The lowest BCUT2D eigenvalue weighted by Crippen LogP contribution is -2.20. The van der Waals surface area contributed by atoms with Gasteiger partial charge in [0.05, 0.1) is 12.5 Å².